The average molecular weight is 397 g/mol. The first-order valence-electron chi connectivity index (χ1n) is 8.61. The van der Waals surface area contributed by atoms with Gasteiger partial charge in [-0.05, 0) is 49.7 Å². The van der Waals surface area contributed by atoms with E-state index in [1.54, 1.807) is 23.1 Å². The van der Waals surface area contributed by atoms with Crippen LogP contribution in [0, 0.1) is 0 Å². The van der Waals surface area contributed by atoms with Crippen molar-refractivity contribution in [1.82, 2.24) is 9.80 Å². The second kappa shape index (κ2) is 9.28. The molecule has 1 aliphatic rings. The number of benzene rings is 1. The Morgan fingerprint density at radius 1 is 1.12 bits per heavy atom. The molecule has 6 heteroatoms. The van der Waals surface area contributed by atoms with E-state index in [0.717, 1.165) is 49.2 Å². The molecule has 0 spiro atoms. The Morgan fingerprint density at radius 2 is 1.84 bits per heavy atom. The zero-order chi connectivity index (χ0) is 17.6. The number of thioether (sulfide) groups is 1. The lowest BCUT2D eigenvalue weighted by atomic mass is 10.2. The first-order chi connectivity index (χ1) is 12.1. The van der Waals surface area contributed by atoms with E-state index in [4.69, 9.17) is 16.3 Å². The number of hydrogen-bond acceptors (Lipinski definition) is 5. The van der Waals surface area contributed by atoms with Gasteiger partial charge in [-0.15, -0.1) is 23.1 Å². The molecule has 1 atom stereocenters. The number of likely N-dealkylation sites (N-methyl/N-ethyl adjacent to an activating group) is 1. The van der Waals surface area contributed by atoms with Gasteiger partial charge in [0.25, 0.3) is 0 Å². The fourth-order valence-electron chi connectivity index (χ4n) is 2.95. The van der Waals surface area contributed by atoms with Gasteiger partial charge >= 0.3 is 0 Å². The number of halogens is 1. The Hall–Kier alpha value is -0.720. The van der Waals surface area contributed by atoms with Gasteiger partial charge in [-0.25, -0.2) is 0 Å². The van der Waals surface area contributed by atoms with Crippen LogP contribution in [0.1, 0.15) is 17.4 Å². The molecule has 3 nitrogen and oxygen atoms in total. The van der Waals surface area contributed by atoms with Gasteiger partial charge in [-0.2, -0.15) is 0 Å². The first-order valence-corrected chi connectivity index (χ1v) is 11.0. The molecule has 1 aromatic carbocycles. The van der Waals surface area contributed by atoms with Crippen molar-refractivity contribution in [2.45, 2.75) is 17.4 Å². The normalized spacial score (nSPS) is 17.6. The van der Waals surface area contributed by atoms with E-state index < -0.39 is 0 Å². The lowest BCUT2D eigenvalue weighted by Gasteiger charge is -2.33. The largest absolute Gasteiger partial charge is 0.485 e. The van der Waals surface area contributed by atoms with E-state index in [2.05, 4.69) is 53.4 Å². The maximum absolute atomic E-state index is 6.33. The minimum Gasteiger partial charge on any atom is -0.485 e. The summed E-state index contributed by atoms with van der Waals surface area (Å²) in [5.41, 5.74) is 0. The molecule has 0 saturated carbocycles. The molecule has 1 fully saturated rings. The van der Waals surface area contributed by atoms with Crippen LogP contribution in [0.5, 0.6) is 5.75 Å². The molecule has 1 saturated heterocycles. The molecule has 0 radical (unpaired) electrons. The highest BCUT2D eigenvalue weighted by atomic mass is 35.5. The molecule has 0 amide bonds. The summed E-state index contributed by atoms with van der Waals surface area (Å²) in [4.78, 5) is 7.37. The standard InChI is InChI=1S/C19H25ClN2OS2/c1-21-11-13-22(14-12-21)10-9-17(18-7-8-19(20)25-18)23-15-3-5-16(24-2)6-4-15/h3-8,17H,9-14H2,1-2H3. The van der Waals surface area contributed by atoms with Gasteiger partial charge in [-0.3, -0.25) is 0 Å². The lowest BCUT2D eigenvalue weighted by molar-refractivity contribution is 0.124. The van der Waals surface area contributed by atoms with Gasteiger partial charge in [0.05, 0.1) is 4.34 Å². The summed E-state index contributed by atoms with van der Waals surface area (Å²) in [6.45, 7) is 5.61. The van der Waals surface area contributed by atoms with Crippen LogP contribution in [0.15, 0.2) is 41.3 Å². The monoisotopic (exact) mass is 396 g/mol. The van der Waals surface area contributed by atoms with E-state index in [9.17, 15) is 0 Å². The van der Waals surface area contributed by atoms with Crippen molar-refractivity contribution in [3.63, 3.8) is 0 Å². The van der Waals surface area contributed by atoms with Gasteiger partial charge in [0.1, 0.15) is 11.9 Å². The minimum atomic E-state index is 0.0530. The second-order valence-corrected chi connectivity index (χ2v) is 8.98. The predicted octanol–water partition coefficient (Wildman–Crippen LogP) is 4.88. The highest BCUT2D eigenvalue weighted by Gasteiger charge is 2.20. The molecule has 1 unspecified atom stereocenters. The lowest BCUT2D eigenvalue weighted by Crippen LogP contribution is -2.45. The molecular formula is C19H25ClN2OS2. The summed E-state index contributed by atoms with van der Waals surface area (Å²) >= 11 is 9.52. The van der Waals surface area contributed by atoms with Crippen LogP contribution in [0.3, 0.4) is 0 Å². The van der Waals surface area contributed by atoms with E-state index in [0.29, 0.717) is 0 Å². The molecule has 136 valence electrons. The number of nitrogens with zero attached hydrogens (tertiary/aromatic N) is 2. The molecule has 1 aliphatic heterocycles. The Morgan fingerprint density at radius 3 is 2.44 bits per heavy atom. The zero-order valence-corrected chi connectivity index (χ0v) is 17.2. The fraction of sp³-hybridized carbons (Fsp3) is 0.474. The highest BCUT2D eigenvalue weighted by molar-refractivity contribution is 7.98. The summed E-state index contributed by atoms with van der Waals surface area (Å²) in [5.74, 6) is 0.922. The smallest absolute Gasteiger partial charge is 0.134 e. The topological polar surface area (TPSA) is 15.7 Å². The third kappa shape index (κ3) is 5.63. The Labute approximate surface area is 163 Å². The Kier molecular flexibility index (Phi) is 7.08. The van der Waals surface area contributed by atoms with Gasteiger partial charge in [-0.1, -0.05) is 11.6 Å². The predicted molar refractivity (Wildman–Crippen MR) is 109 cm³/mol. The molecule has 3 rings (SSSR count). The van der Waals surface area contributed by atoms with Gasteiger partial charge in [0.15, 0.2) is 0 Å². The second-order valence-electron chi connectivity index (χ2n) is 6.36. The van der Waals surface area contributed by atoms with Crippen LogP contribution in [-0.4, -0.2) is 55.8 Å². The maximum Gasteiger partial charge on any atom is 0.134 e. The molecule has 0 aliphatic carbocycles. The van der Waals surface area contributed by atoms with Crippen LogP contribution < -0.4 is 4.74 Å². The fourth-order valence-corrected chi connectivity index (χ4v) is 4.48. The maximum atomic E-state index is 6.33. The van der Waals surface area contributed by atoms with Crippen LogP contribution in [0.4, 0.5) is 0 Å². The number of hydrogen-bond donors (Lipinski definition) is 0. The van der Waals surface area contributed by atoms with E-state index >= 15 is 0 Å². The number of rotatable bonds is 7. The van der Waals surface area contributed by atoms with Crippen molar-refractivity contribution in [1.29, 1.82) is 0 Å². The third-order valence-corrected chi connectivity index (χ3v) is 6.62. The third-order valence-electron chi connectivity index (χ3n) is 4.55. The minimum absolute atomic E-state index is 0.0530. The van der Waals surface area contributed by atoms with Crippen molar-refractivity contribution in [2.75, 3.05) is 46.0 Å². The molecular weight excluding hydrogens is 372 g/mol. The molecule has 0 N–H and O–H groups in total. The van der Waals surface area contributed by atoms with E-state index in [1.165, 1.54) is 9.77 Å². The number of piperazine rings is 1. The van der Waals surface area contributed by atoms with Crippen molar-refractivity contribution >= 4 is 34.7 Å². The van der Waals surface area contributed by atoms with Crippen molar-refractivity contribution in [3.05, 3.63) is 45.6 Å². The Balaban J connectivity index is 1.64. The summed E-state index contributed by atoms with van der Waals surface area (Å²) in [5, 5.41) is 0. The zero-order valence-electron chi connectivity index (χ0n) is 14.8. The van der Waals surface area contributed by atoms with Gasteiger partial charge in [0, 0.05) is 48.9 Å². The highest BCUT2D eigenvalue weighted by Crippen LogP contribution is 2.33. The Bertz CT molecular complexity index is 654. The van der Waals surface area contributed by atoms with Crippen LogP contribution in [-0.2, 0) is 0 Å². The van der Waals surface area contributed by atoms with Gasteiger partial charge in [0.2, 0.25) is 0 Å². The van der Waals surface area contributed by atoms with Crippen LogP contribution in [0.2, 0.25) is 4.34 Å². The molecule has 0 bridgehead atoms. The first kappa shape index (κ1) is 19.1. The molecule has 2 aromatic rings. The molecule has 1 aromatic heterocycles. The quantitative estimate of drug-likeness (QED) is 0.619. The summed E-state index contributed by atoms with van der Waals surface area (Å²) in [6, 6.07) is 12.4. The van der Waals surface area contributed by atoms with Crippen LogP contribution in [0.25, 0.3) is 0 Å². The summed E-state index contributed by atoms with van der Waals surface area (Å²) < 4.78 is 7.15. The molecule has 25 heavy (non-hydrogen) atoms. The van der Waals surface area contributed by atoms with Crippen molar-refractivity contribution < 1.29 is 4.74 Å². The van der Waals surface area contributed by atoms with E-state index in [-0.39, 0.29) is 6.10 Å². The van der Waals surface area contributed by atoms with Gasteiger partial charge < -0.3 is 14.5 Å². The van der Waals surface area contributed by atoms with Crippen LogP contribution >= 0.6 is 34.7 Å². The van der Waals surface area contributed by atoms with Crippen molar-refractivity contribution in [2.24, 2.45) is 0 Å². The average Bonchev–Trinajstić information content (AvgIpc) is 3.07. The molecule has 2 heterocycles. The summed E-state index contributed by atoms with van der Waals surface area (Å²) in [7, 11) is 2.19. The van der Waals surface area contributed by atoms with E-state index in [1.807, 2.05) is 6.07 Å². The number of thiophene rings is 1. The number of ether oxygens (including phenoxy) is 1. The SMILES string of the molecule is CSc1ccc(OC(CCN2CCN(C)CC2)c2ccc(Cl)s2)cc1. The summed E-state index contributed by atoms with van der Waals surface area (Å²) in [6.07, 6.45) is 3.12. The van der Waals surface area contributed by atoms with Crippen molar-refractivity contribution in [3.8, 4) is 5.75 Å².